The molecule has 4 nitrogen and oxygen atoms in total. The summed E-state index contributed by atoms with van der Waals surface area (Å²) in [6.45, 7) is 3.79. The minimum atomic E-state index is 0.0234. The Balaban J connectivity index is 1.82. The van der Waals surface area contributed by atoms with Crippen LogP contribution < -0.4 is 0 Å². The number of hydrogen-bond donors (Lipinski definition) is 0. The molecule has 0 bridgehead atoms. The van der Waals surface area contributed by atoms with Crippen molar-refractivity contribution in [1.29, 1.82) is 0 Å². The van der Waals surface area contributed by atoms with E-state index in [-0.39, 0.29) is 30.6 Å². The van der Waals surface area contributed by atoms with Crippen LogP contribution in [0.15, 0.2) is 30.3 Å². The first-order chi connectivity index (χ1) is 9.16. The molecule has 1 aliphatic rings. The minimum absolute atomic E-state index is 0.0234. The third-order valence-electron chi connectivity index (χ3n) is 3.26. The highest BCUT2D eigenvalue weighted by Crippen LogP contribution is 2.10. The summed E-state index contributed by atoms with van der Waals surface area (Å²) >= 11 is 0. The van der Waals surface area contributed by atoms with E-state index >= 15 is 0 Å². The Morgan fingerprint density at radius 2 is 2.00 bits per heavy atom. The highest BCUT2D eigenvalue weighted by molar-refractivity contribution is 5.97. The van der Waals surface area contributed by atoms with Crippen LogP contribution in [0.2, 0.25) is 0 Å². The Morgan fingerprint density at radius 3 is 2.68 bits per heavy atom. The lowest BCUT2D eigenvalue weighted by Gasteiger charge is -2.31. The topological polar surface area (TPSA) is 46.6 Å². The van der Waals surface area contributed by atoms with Crippen LogP contribution in [0.3, 0.4) is 0 Å². The summed E-state index contributed by atoms with van der Waals surface area (Å²) in [6, 6.07) is 9.10. The van der Waals surface area contributed by atoms with Gasteiger partial charge in [0.15, 0.2) is 5.78 Å². The first kappa shape index (κ1) is 13.7. The van der Waals surface area contributed by atoms with Gasteiger partial charge < -0.3 is 9.64 Å². The molecule has 1 aromatic carbocycles. The maximum absolute atomic E-state index is 12.0. The summed E-state index contributed by atoms with van der Waals surface area (Å²) in [7, 11) is 0. The number of ketones is 1. The second kappa shape index (κ2) is 6.48. The predicted octanol–water partition coefficient (Wildman–Crippen LogP) is 1.90. The molecule has 0 aromatic heterocycles. The molecule has 19 heavy (non-hydrogen) atoms. The lowest BCUT2D eigenvalue weighted by Crippen LogP contribution is -2.44. The highest BCUT2D eigenvalue weighted by Gasteiger charge is 2.21. The van der Waals surface area contributed by atoms with Crippen molar-refractivity contribution in [3.05, 3.63) is 35.9 Å². The Labute approximate surface area is 113 Å². The number of Topliss-reactive ketones (excluding diaryl/α,β-unsaturated/α-hetero) is 1. The maximum atomic E-state index is 12.0. The molecule has 1 fully saturated rings. The van der Waals surface area contributed by atoms with Gasteiger partial charge in [-0.15, -0.1) is 0 Å². The predicted molar refractivity (Wildman–Crippen MR) is 72.0 cm³/mol. The van der Waals surface area contributed by atoms with Crippen LogP contribution in [0.4, 0.5) is 0 Å². The van der Waals surface area contributed by atoms with E-state index in [1.165, 1.54) is 0 Å². The van der Waals surface area contributed by atoms with Crippen LogP contribution in [-0.4, -0.2) is 42.4 Å². The number of amides is 1. The van der Waals surface area contributed by atoms with Crippen molar-refractivity contribution in [2.75, 3.05) is 19.7 Å². The van der Waals surface area contributed by atoms with E-state index < -0.39 is 0 Å². The van der Waals surface area contributed by atoms with E-state index in [0.29, 0.717) is 25.3 Å². The van der Waals surface area contributed by atoms with Gasteiger partial charge in [-0.2, -0.15) is 0 Å². The number of nitrogens with zero attached hydrogens (tertiary/aromatic N) is 1. The summed E-state index contributed by atoms with van der Waals surface area (Å²) in [4.78, 5) is 25.7. The lowest BCUT2D eigenvalue weighted by atomic mass is 10.1. The van der Waals surface area contributed by atoms with Gasteiger partial charge in [0.25, 0.3) is 0 Å². The van der Waals surface area contributed by atoms with Crippen LogP contribution in [0.5, 0.6) is 0 Å². The summed E-state index contributed by atoms with van der Waals surface area (Å²) in [5.74, 6) is 0.0645. The maximum Gasteiger partial charge on any atom is 0.223 e. The van der Waals surface area contributed by atoms with Crippen molar-refractivity contribution in [3.8, 4) is 0 Å². The standard InChI is InChI=1S/C15H19NO3/c1-12-11-16(9-10-19-12)15(18)8-7-14(17)13-5-3-2-4-6-13/h2-6,12H,7-11H2,1H3. The van der Waals surface area contributed by atoms with E-state index in [0.717, 1.165) is 0 Å². The molecule has 102 valence electrons. The van der Waals surface area contributed by atoms with Crippen molar-refractivity contribution in [3.63, 3.8) is 0 Å². The normalized spacial score (nSPS) is 19.2. The number of carbonyl (C=O) groups excluding carboxylic acids is 2. The lowest BCUT2D eigenvalue weighted by molar-refractivity contribution is -0.138. The molecule has 0 saturated carbocycles. The van der Waals surface area contributed by atoms with Crippen molar-refractivity contribution < 1.29 is 14.3 Å². The van der Waals surface area contributed by atoms with E-state index in [1.807, 2.05) is 25.1 Å². The smallest absolute Gasteiger partial charge is 0.223 e. The first-order valence-electron chi connectivity index (χ1n) is 6.64. The number of benzene rings is 1. The molecule has 0 spiro atoms. The van der Waals surface area contributed by atoms with Crippen LogP contribution in [0, 0.1) is 0 Å². The second-order valence-corrected chi connectivity index (χ2v) is 4.81. The number of ether oxygens (including phenoxy) is 1. The van der Waals surface area contributed by atoms with Crippen molar-refractivity contribution in [1.82, 2.24) is 4.90 Å². The molecule has 1 amide bonds. The van der Waals surface area contributed by atoms with E-state index in [9.17, 15) is 9.59 Å². The van der Waals surface area contributed by atoms with Gasteiger partial charge in [-0.1, -0.05) is 30.3 Å². The molecule has 1 aromatic rings. The summed E-state index contributed by atoms with van der Waals surface area (Å²) in [5, 5.41) is 0. The molecule has 0 radical (unpaired) electrons. The van der Waals surface area contributed by atoms with Gasteiger partial charge in [0.1, 0.15) is 0 Å². The van der Waals surface area contributed by atoms with Gasteiger partial charge in [-0.3, -0.25) is 9.59 Å². The molecule has 1 aliphatic heterocycles. The van der Waals surface area contributed by atoms with E-state index in [2.05, 4.69) is 0 Å². The van der Waals surface area contributed by atoms with Crippen LogP contribution >= 0.6 is 0 Å². The Morgan fingerprint density at radius 1 is 1.26 bits per heavy atom. The fourth-order valence-corrected chi connectivity index (χ4v) is 2.19. The van der Waals surface area contributed by atoms with Gasteiger partial charge in [0.2, 0.25) is 5.91 Å². The van der Waals surface area contributed by atoms with Gasteiger partial charge in [0.05, 0.1) is 12.7 Å². The number of carbonyl (C=O) groups is 2. The van der Waals surface area contributed by atoms with Gasteiger partial charge in [-0.05, 0) is 6.92 Å². The minimum Gasteiger partial charge on any atom is -0.375 e. The number of rotatable bonds is 4. The highest BCUT2D eigenvalue weighted by atomic mass is 16.5. The van der Waals surface area contributed by atoms with Gasteiger partial charge in [-0.25, -0.2) is 0 Å². The number of hydrogen-bond acceptors (Lipinski definition) is 3. The Kier molecular flexibility index (Phi) is 4.68. The fourth-order valence-electron chi connectivity index (χ4n) is 2.19. The second-order valence-electron chi connectivity index (χ2n) is 4.81. The molecule has 1 unspecified atom stereocenters. The quantitative estimate of drug-likeness (QED) is 0.778. The third kappa shape index (κ3) is 3.89. The average molecular weight is 261 g/mol. The molecule has 1 saturated heterocycles. The van der Waals surface area contributed by atoms with Gasteiger partial charge >= 0.3 is 0 Å². The zero-order valence-electron chi connectivity index (χ0n) is 11.2. The largest absolute Gasteiger partial charge is 0.375 e. The summed E-state index contributed by atoms with van der Waals surface area (Å²) in [5.41, 5.74) is 0.672. The molecule has 1 heterocycles. The van der Waals surface area contributed by atoms with Crippen LogP contribution in [-0.2, 0) is 9.53 Å². The average Bonchev–Trinajstić information content (AvgIpc) is 2.45. The van der Waals surface area contributed by atoms with Crippen molar-refractivity contribution in [2.24, 2.45) is 0 Å². The van der Waals surface area contributed by atoms with Gasteiger partial charge in [0, 0.05) is 31.5 Å². The Bertz CT molecular complexity index is 444. The molecule has 0 aliphatic carbocycles. The van der Waals surface area contributed by atoms with E-state index in [1.54, 1.807) is 17.0 Å². The molecule has 1 atom stereocenters. The Hall–Kier alpha value is -1.68. The monoisotopic (exact) mass is 261 g/mol. The molecular formula is C15H19NO3. The zero-order valence-corrected chi connectivity index (χ0v) is 11.2. The molecular weight excluding hydrogens is 242 g/mol. The third-order valence-corrected chi connectivity index (χ3v) is 3.26. The molecule has 4 heteroatoms. The van der Waals surface area contributed by atoms with Crippen molar-refractivity contribution in [2.45, 2.75) is 25.9 Å². The molecule has 0 N–H and O–H groups in total. The van der Waals surface area contributed by atoms with E-state index in [4.69, 9.17) is 4.74 Å². The van der Waals surface area contributed by atoms with Crippen molar-refractivity contribution >= 4 is 11.7 Å². The van der Waals surface area contributed by atoms with Crippen LogP contribution in [0.1, 0.15) is 30.1 Å². The summed E-state index contributed by atoms with van der Waals surface area (Å²) < 4.78 is 5.39. The SMILES string of the molecule is CC1CN(C(=O)CCC(=O)c2ccccc2)CCO1. The zero-order chi connectivity index (χ0) is 13.7. The number of morpholine rings is 1. The van der Waals surface area contributed by atoms with Crippen LogP contribution in [0.25, 0.3) is 0 Å². The summed E-state index contributed by atoms with van der Waals surface area (Å²) in [6.07, 6.45) is 0.636. The molecule has 2 rings (SSSR count). The first-order valence-corrected chi connectivity index (χ1v) is 6.64. The fraction of sp³-hybridized carbons (Fsp3) is 0.467.